The van der Waals surface area contributed by atoms with Gasteiger partial charge in [-0.3, -0.25) is 11.3 Å². The van der Waals surface area contributed by atoms with Crippen molar-refractivity contribution >= 4 is 0 Å². The van der Waals surface area contributed by atoms with Gasteiger partial charge in [0.25, 0.3) is 0 Å². The van der Waals surface area contributed by atoms with Gasteiger partial charge in [-0.1, -0.05) is 45.0 Å². The topological polar surface area (TPSA) is 63.8 Å². The number of hydrogen-bond acceptors (Lipinski definition) is 4. The number of hydrogen-bond donors (Lipinski definition) is 2. The van der Waals surface area contributed by atoms with Crippen molar-refractivity contribution in [3.05, 3.63) is 59.4 Å². The van der Waals surface area contributed by atoms with Crippen LogP contribution in [0.5, 0.6) is 0 Å². The maximum atomic E-state index is 5.65. The number of benzene rings is 1. The van der Waals surface area contributed by atoms with E-state index in [1.165, 1.54) is 11.1 Å². The molecule has 1 atom stereocenters. The van der Waals surface area contributed by atoms with E-state index in [1.807, 2.05) is 6.07 Å². The molecule has 1 aromatic heterocycles. The second-order valence-corrected chi connectivity index (χ2v) is 6.05. The van der Waals surface area contributed by atoms with Crippen molar-refractivity contribution < 1.29 is 0 Å². The molecule has 0 radical (unpaired) electrons. The van der Waals surface area contributed by atoms with Gasteiger partial charge in [-0.05, 0) is 34.6 Å². The fourth-order valence-corrected chi connectivity index (χ4v) is 2.16. The summed E-state index contributed by atoms with van der Waals surface area (Å²) in [6, 6.07) is 10.7. The number of nitrogens with zero attached hydrogens (tertiary/aromatic N) is 2. The summed E-state index contributed by atoms with van der Waals surface area (Å²) in [5.41, 5.74) is 6.65. The zero-order valence-electron chi connectivity index (χ0n) is 12.3. The van der Waals surface area contributed by atoms with Gasteiger partial charge in [0.2, 0.25) is 0 Å². The SMILES string of the molecule is CC(C)(C)c1ccc(CC(NN)c2ccnnc2)cc1. The third-order valence-corrected chi connectivity index (χ3v) is 3.47. The summed E-state index contributed by atoms with van der Waals surface area (Å²) in [5, 5.41) is 7.69. The zero-order valence-corrected chi connectivity index (χ0v) is 12.3. The molecular formula is C16H22N4. The van der Waals surface area contributed by atoms with Crippen LogP contribution in [-0.4, -0.2) is 10.2 Å². The van der Waals surface area contributed by atoms with Crippen LogP contribution < -0.4 is 11.3 Å². The minimum Gasteiger partial charge on any atom is -0.271 e. The first-order valence-electron chi connectivity index (χ1n) is 6.83. The molecule has 0 amide bonds. The largest absolute Gasteiger partial charge is 0.271 e. The molecule has 0 saturated carbocycles. The number of hydrazine groups is 1. The molecule has 0 aliphatic rings. The maximum absolute atomic E-state index is 5.65. The molecule has 1 heterocycles. The van der Waals surface area contributed by atoms with E-state index < -0.39 is 0 Å². The van der Waals surface area contributed by atoms with Crippen molar-refractivity contribution in [2.24, 2.45) is 5.84 Å². The van der Waals surface area contributed by atoms with Crippen molar-refractivity contribution in [1.29, 1.82) is 0 Å². The first kappa shape index (κ1) is 14.6. The van der Waals surface area contributed by atoms with E-state index >= 15 is 0 Å². The molecule has 0 spiro atoms. The molecule has 1 aromatic carbocycles. The Kier molecular flexibility index (Phi) is 4.47. The highest BCUT2D eigenvalue weighted by Gasteiger charge is 2.14. The van der Waals surface area contributed by atoms with Gasteiger partial charge >= 0.3 is 0 Å². The summed E-state index contributed by atoms with van der Waals surface area (Å²) in [6.07, 6.45) is 4.25. The van der Waals surface area contributed by atoms with Crippen LogP contribution >= 0.6 is 0 Å². The van der Waals surface area contributed by atoms with Crippen molar-refractivity contribution in [3.8, 4) is 0 Å². The molecule has 0 bridgehead atoms. The van der Waals surface area contributed by atoms with E-state index in [1.54, 1.807) is 12.4 Å². The quantitative estimate of drug-likeness (QED) is 0.662. The molecule has 0 saturated heterocycles. The van der Waals surface area contributed by atoms with E-state index in [9.17, 15) is 0 Å². The fourth-order valence-electron chi connectivity index (χ4n) is 2.16. The Labute approximate surface area is 120 Å². The average Bonchev–Trinajstić information content (AvgIpc) is 2.45. The third-order valence-electron chi connectivity index (χ3n) is 3.47. The van der Waals surface area contributed by atoms with Gasteiger partial charge in [0.1, 0.15) is 0 Å². The van der Waals surface area contributed by atoms with E-state index in [0.717, 1.165) is 12.0 Å². The van der Waals surface area contributed by atoms with Gasteiger partial charge in [0, 0.05) is 6.20 Å². The van der Waals surface area contributed by atoms with Crippen LogP contribution in [0.4, 0.5) is 0 Å². The highest BCUT2D eigenvalue weighted by atomic mass is 15.2. The molecule has 106 valence electrons. The summed E-state index contributed by atoms with van der Waals surface area (Å²) < 4.78 is 0. The van der Waals surface area contributed by atoms with Gasteiger partial charge in [-0.2, -0.15) is 10.2 Å². The third kappa shape index (κ3) is 3.62. The van der Waals surface area contributed by atoms with Crippen molar-refractivity contribution in [2.45, 2.75) is 38.6 Å². The molecule has 20 heavy (non-hydrogen) atoms. The van der Waals surface area contributed by atoms with Crippen LogP contribution in [0.15, 0.2) is 42.7 Å². The summed E-state index contributed by atoms with van der Waals surface area (Å²) >= 11 is 0. The molecule has 4 heteroatoms. The molecule has 0 fully saturated rings. The Morgan fingerprint density at radius 2 is 1.80 bits per heavy atom. The summed E-state index contributed by atoms with van der Waals surface area (Å²) in [5.74, 6) is 5.65. The number of nitrogens with two attached hydrogens (primary N) is 1. The van der Waals surface area contributed by atoms with E-state index in [4.69, 9.17) is 5.84 Å². The number of rotatable bonds is 4. The Balaban J connectivity index is 2.13. The lowest BCUT2D eigenvalue weighted by atomic mass is 9.86. The normalized spacial score (nSPS) is 13.2. The molecule has 1 unspecified atom stereocenters. The van der Waals surface area contributed by atoms with Gasteiger partial charge in [0.15, 0.2) is 0 Å². The van der Waals surface area contributed by atoms with Crippen molar-refractivity contribution in [2.75, 3.05) is 0 Å². The van der Waals surface area contributed by atoms with Crippen LogP contribution in [0.2, 0.25) is 0 Å². The first-order valence-corrected chi connectivity index (χ1v) is 6.83. The van der Waals surface area contributed by atoms with Crippen LogP contribution in [0.3, 0.4) is 0 Å². The first-order chi connectivity index (χ1) is 9.50. The van der Waals surface area contributed by atoms with Gasteiger partial charge in [-0.15, -0.1) is 0 Å². The second kappa shape index (κ2) is 6.11. The average molecular weight is 270 g/mol. The number of nitrogens with one attached hydrogen (secondary N) is 1. The van der Waals surface area contributed by atoms with E-state index in [2.05, 4.69) is 60.7 Å². The smallest absolute Gasteiger partial charge is 0.0544 e. The molecule has 0 aliphatic heterocycles. The van der Waals surface area contributed by atoms with Gasteiger partial charge < -0.3 is 0 Å². The van der Waals surface area contributed by atoms with Crippen LogP contribution in [0.25, 0.3) is 0 Å². The van der Waals surface area contributed by atoms with Gasteiger partial charge in [0.05, 0.1) is 12.2 Å². The monoisotopic (exact) mass is 270 g/mol. The minimum absolute atomic E-state index is 0.0472. The molecule has 4 nitrogen and oxygen atoms in total. The Morgan fingerprint density at radius 1 is 1.10 bits per heavy atom. The molecule has 2 aromatic rings. The molecule has 0 aliphatic carbocycles. The molecular weight excluding hydrogens is 248 g/mol. The maximum Gasteiger partial charge on any atom is 0.0544 e. The molecule has 3 N–H and O–H groups in total. The van der Waals surface area contributed by atoms with Gasteiger partial charge in [-0.25, -0.2) is 0 Å². The summed E-state index contributed by atoms with van der Waals surface area (Å²) in [4.78, 5) is 0. The van der Waals surface area contributed by atoms with E-state index in [-0.39, 0.29) is 11.5 Å². The Morgan fingerprint density at radius 3 is 2.30 bits per heavy atom. The molecule has 2 rings (SSSR count). The fraction of sp³-hybridized carbons (Fsp3) is 0.375. The predicted molar refractivity (Wildman–Crippen MR) is 80.9 cm³/mol. The Hall–Kier alpha value is -1.78. The predicted octanol–water partition coefficient (Wildman–Crippen LogP) is 2.52. The lowest BCUT2D eigenvalue weighted by Crippen LogP contribution is -2.29. The standard InChI is InChI=1S/C16H22N4/c1-16(2,3)14-6-4-12(5-7-14)10-15(20-17)13-8-9-18-19-11-13/h4-9,11,15,20H,10,17H2,1-3H3. The highest BCUT2D eigenvalue weighted by Crippen LogP contribution is 2.23. The highest BCUT2D eigenvalue weighted by molar-refractivity contribution is 5.29. The zero-order chi connectivity index (χ0) is 14.6. The number of aromatic nitrogens is 2. The van der Waals surface area contributed by atoms with Crippen molar-refractivity contribution in [1.82, 2.24) is 15.6 Å². The minimum atomic E-state index is 0.0472. The lowest BCUT2D eigenvalue weighted by Gasteiger charge is -2.20. The Bertz CT molecular complexity index is 529. The van der Waals surface area contributed by atoms with E-state index in [0.29, 0.717) is 0 Å². The summed E-state index contributed by atoms with van der Waals surface area (Å²) in [6.45, 7) is 6.65. The second-order valence-electron chi connectivity index (χ2n) is 6.05. The summed E-state index contributed by atoms with van der Waals surface area (Å²) in [7, 11) is 0. The van der Waals surface area contributed by atoms with Crippen LogP contribution in [0, 0.1) is 0 Å². The lowest BCUT2D eigenvalue weighted by molar-refractivity contribution is 0.547. The van der Waals surface area contributed by atoms with Crippen molar-refractivity contribution in [3.63, 3.8) is 0 Å². The van der Waals surface area contributed by atoms with Crippen LogP contribution in [0.1, 0.15) is 43.5 Å². The van der Waals surface area contributed by atoms with Crippen LogP contribution in [-0.2, 0) is 11.8 Å².